The Labute approximate surface area is 180 Å². The Balaban J connectivity index is 1.29. The van der Waals surface area contributed by atoms with Crippen molar-refractivity contribution < 1.29 is 14.3 Å². The molecule has 162 valence electrons. The number of methoxy groups -OCH3 is 2. The summed E-state index contributed by atoms with van der Waals surface area (Å²) < 4.78 is 10.6. The molecule has 1 fully saturated rings. The number of H-pyrrole nitrogens is 1. The first kappa shape index (κ1) is 20.8. The van der Waals surface area contributed by atoms with Crippen molar-refractivity contribution in [3.63, 3.8) is 0 Å². The van der Waals surface area contributed by atoms with E-state index in [2.05, 4.69) is 31.3 Å². The Morgan fingerprint density at radius 3 is 2.65 bits per heavy atom. The van der Waals surface area contributed by atoms with Gasteiger partial charge in [0, 0.05) is 12.0 Å². The predicted molar refractivity (Wildman–Crippen MR) is 116 cm³/mol. The molecule has 0 bridgehead atoms. The summed E-state index contributed by atoms with van der Waals surface area (Å²) in [5.74, 6) is 2.42. The van der Waals surface area contributed by atoms with Crippen LogP contribution in [0.4, 0.5) is 5.95 Å². The molecule has 1 aliphatic rings. The normalized spacial score (nSPS) is 18.0. The number of hydrogen-bond donors (Lipinski definition) is 4. The number of hydrogen-bond acceptors (Lipinski definition) is 7. The summed E-state index contributed by atoms with van der Waals surface area (Å²) >= 11 is 0. The highest BCUT2D eigenvalue weighted by molar-refractivity contribution is 5.93. The lowest BCUT2D eigenvalue weighted by molar-refractivity contribution is -0.117. The highest BCUT2D eigenvalue weighted by atomic mass is 16.5. The molecule has 2 atom stereocenters. The summed E-state index contributed by atoms with van der Waals surface area (Å²) in [6.45, 7) is 0. The van der Waals surface area contributed by atoms with Gasteiger partial charge in [-0.15, -0.1) is 5.10 Å². The Hall–Kier alpha value is -3.43. The molecule has 2 unspecified atom stereocenters. The monoisotopic (exact) mass is 422 g/mol. The van der Waals surface area contributed by atoms with Crippen LogP contribution in [-0.2, 0) is 17.6 Å². The van der Waals surface area contributed by atoms with Crippen molar-refractivity contribution in [2.24, 2.45) is 0 Å². The fourth-order valence-electron chi connectivity index (χ4n) is 3.60. The van der Waals surface area contributed by atoms with Crippen LogP contribution >= 0.6 is 0 Å². The molecule has 1 aliphatic heterocycles. The SMILES string of the molecule is COc1ccc(CCc2nc(NC(=O)C3CC(c4ccccc4OC)NN3)n[nH]2)cc1. The Kier molecular flexibility index (Phi) is 6.44. The minimum Gasteiger partial charge on any atom is -0.497 e. The second-order valence-electron chi connectivity index (χ2n) is 7.31. The van der Waals surface area contributed by atoms with E-state index in [9.17, 15) is 4.79 Å². The third kappa shape index (κ3) is 5.01. The highest BCUT2D eigenvalue weighted by Crippen LogP contribution is 2.30. The number of aromatic nitrogens is 3. The second-order valence-corrected chi connectivity index (χ2v) is 7.31. The Morgan fingerprint density at radius 2 is 1.87 bits per heavy atom. The standard InChI is InChI=1S/C22H26N6O3/c1-30-15-10-7-14(8-11-15)9-12-20-23-22(28-27-20)24-21(29)18-13-17(25-26-18)16-5-3-4-6-19(16)31-2/h3-8,10-11,17-18,25-26H,9,12-13H2,1-2H3,(H2,23,24,27,28,29). The first-order chi connectivity index (χ1) is 15.2. The molecule has 31 heavy (non-hydrogen) atoms. The predicted octanol–water partition coefficient (Wildman–Crippen LogP) is 2.15. The summed E-state index contributed by atoms with van der Waals surface area (Å²) in [5.41, 5.74) is 8.39. The molecule has 0 radical (unpaired) electrons. The van der Waals surface area contributed by atoms with Gasteiger partial charge in [-0.25, -0.2) is 10.9 Å². The van der Waals surface area contributed by atoms with Crippen molar-refractivity contribution in [1.82, 2.24) is 26.0 Å². The number of benzene rings is 2. The molecule has 2 heterocycles. The summed E-state index contributed by atoms with van der Waals surface area (Å²) in [6, 6.07) is 15.2. The van der Waals surface area contributed by atoms with Crippen molar-refractivity contribution in [2.45, 2.75) is 31.3 Å². The van der Waals surface area contributed by atoms with E-state index in [0.29, 0.717) is 12.8 Å². The lowest BCUT2D eigenvalue weighted by Gasteiger charge is -2.13. The zero-order valence-corrected chi connectivity index (χ0v) is 17.5. The van der Waals surface area contributed by atoms with Crippen LogP contribution in [0.3, 0.4) is 0 Å². The summed E-state index contributed by atoms with van der Waals surface area (Å²) in [6.07, 6.45) is 2.08. The number of para-hydroxylation sites is 1. The molecule has 3 aromatic rings. The van der Waals surface area contributed by atoms with Crippen molar-refractivity contribution in [1.29, 1.82) is 0 Å². The van der Waals surface area contributed by atoms with Crippen LogP contribution in [0.5, 0.6) is 11.5 Å². The van der Waals surface area contributed by atoms with Gasteiger partial charge in [0.15, 0.2) is 0 Å². The molecule has 4 N–H and O–H groups in total. The van der Waals surface area contributed by atoms with Gasteiger partial charge in [0.1, 0.15) is 23.4 Å². The van der Waals surface area contributed by atoms with Crippen LogP contribution in [0, 0.1) is 0 Å². The maximum absolute atomic E-state index is 12.6. The van der Waals surface area contributed by atoms with E-state index in [1.165, 1.54) is 5.56 Å². The molecule has 0 spiro atoms. The van der Waals surface area contributed by atoms with Crippen LogP contribution in [0.25, 0.3) is 0 Å². The quantitative estimate of drug-likeness (QED) is 0.440. The van der Waals surface area contributed by atoms with E-state index in [1.807, 2.05) is 48.5 Å². The van der Waals surface area contributed by atoms with E-state index < -0.39 is 6.04 Å². The number of ether oxygens (including phenoxy) is 2. The van der Waals surface area contributed by atoms with Crippen molar-refractivity contribution in [3.8, 4) is 11.5 Å². The molecule has 1 amide bonds. The molecule has 9 heteroatoms. The highest BCUT2D eigenvalue weighted by Gasteiger charge is 2.32. The van der Waals surface area contributed by atoms with Gasteiger partial charge >= 0.3 is 0 Å². The van der Waals surface area contributed by atoms with Crippen LogP contribution in [0.2, 0.25) is 0 Å². The maximum Gasteiger partial charge on any atom is 0.248 e. The summed E-state index contributed by atoms with van der Waals surface area (Å²) in [7, 11) is 3.29. The van der Waals surface area contributed by atoms with Gasteiger partial charge in [-0.3, -0.25) is 15.2 Å². The molecular weight excluding hydrogens is 396 g/mol. The average Bonchev–Trinajstić information content (AvgIpc) is 3.48. The van der Waals surface area contributed by atoms with Gasteiger partial charge in [-0.05, 0) is 36.6 Å². The fraction of sp³-hybridized carbons (Fsp3) is 0.318. The van der Waals surface area contributed by atoms with Crippen LogP contribution in [0.15, 0.2) is 48.5 Å². The molecule has 0 aliphatic carbocycles. The minimum atomic E-state index is -0.406. The number of rotatable bonds is 8. The molecule has 4 rings (SSSR count). The smallest absolute Gasteiger partial charge is 0.248 e. The summed E-state index contributed by atoms with van der Waals surface area (Å²) in [5, 5.41) is 9.78. The number of aromatic amines is 1. The van der Waals surface area contributed by atoms with E-state index in [-0.39, 0.29) is 17.9 Å². The van der Waals surface area contributed by atoms with Gasteiger partial charge in [0.05, 0.1) is 20.3 Å². The second kappa shape index (κ2) is 9.59. The van der Waals surface area contributed by atoms with Crippen molar-refractivity contribution in [2.75, 3.05) is 19.5 Å². The van der Waals surface area contributed by atoms with Gasteiger partial charge in [-0.2, -0.15) is 4.98 Å². The van der Waals surface area contributed by atoms with Gasteiger partial charge in [0.25, 0.3) is 0 Å². The number of anilines is 1. The Morgan fingerprint density at radius 1 is 1.06 bits per heavy atom. The lowest BCUT2D eigenvalue weighted by atomic mass is 10.0. The van der Waals surface area contributed by atoms with Gasteiger partial charge in [0.2, 0.25) is 11.9 Å². The number of carbonyl (C=O) groups excluding carboxylic acids is 1. The number of carbonyl (C=O) groups is 1. The average molecular weight is 422 g/mol. The van der Waals surface area contributed by atoms with Gasteiger partial charge in [-0.1, -0.05) is 30.3 Å². The summed E-state index contributed by atoms with van der Waals surface area (Å²) in [4.78, 5) is 17.0. The largest absolute Gasteiger partial charge is 0.497 e. The van der Waals surface area contributed by atoms with Gasteiger partial charge < -0.3 is 9.47 Å². The third-order valence-corrected chi connectivity index (χ3v) is 5.31. The van der Waals surface area contributed by atoms with E-state index in [1.54, 1.807) is 14.2 Å². The number of aryl methyl sites for hydroxylation is 2. The zero-order valence-electron chi connectivity index (χ0n) is 17.5. The first-order valence-electron chi connectivity index (χ1n) is 10.2. The number of nitrogens with one attached hydrogen (secondary N) is 4. The molecular formula is C22H26N6O3. The lowest BCUT2D eigenvalue weighted by Crippen LogP contribution is -2.39. The number of amides is 1. The molecule has 1 saturated heterocycles. The zero-order chi connectivity index (χ0) is 21.6. The van der Waals surface area contributed by atoms with Crippen molar-refractivity contribution in [3.05, 3.63) is 65.5 Å². The third-order valence-electron chi connectivity index (χ3n) is 5.31. The number of hydrazine groups is 1. The fourth-order valence-corrected chi connectivity index (χ4v) is 3.60. The topological polar surface area (TPSA) is 113 Å². The van der Waals surface area contributed by atoms with E-state index in [4.69, 9.17) is 9.47 Å². The molecule has 2 aromatic carbocycles. The van der Waals surface area contributed by atoms with Crippen LogP contribution in [-0.4, -0.2) is 41.3 Å². The maximum atomic E-state index is 12.6. The van der Waals surface area contributed by atoms with Crippen LogP contribution in [0.1, 0.15) is 29.4 Å². The molecule has 0 saturated carbocycles. The van der Waals surface area contributed by atoms with Crippen LogP contribution < -0.4 is 25.6 Å². The van der Waals surface area contributed by atoms with E-state index >= 15 is 0 Å². The molecule has 1 aromatic heterocycles. The first-order valence-corrected chi connectivity index (χ1v) is 10.2. The molecule has 9 nitrogen and oxygen atoms in total. The number of nitrogens with zero attached hydrogens (tertiary/aromatic N) is 2. The van der Waals surface area contributed by atoms with E-state index in [0.717, 1.165) is 29.3 Å². The minimum absolute atomic E-state index is 0.0286. The van der Waals surface area contributed by atoms with Crippen molar-refractivity contribution >= 4 is 11.9 Å². The Bertz CT molecular complexity index is 1020.